The van der Waals surface area contributed by atoms with E-state index in [9.17, 15) is 9.90 Å². The van der Waals surface area contributed by atoms with Crippen LogP contribution in [-0.4, -0.2) is 16.0 Å². The molecule has 4 aromatic rings. The monoisotopic (exact) mass is 358 g/mol. The molecule has 0 unspecified atom stereocenters. The highest BCUT2D eigenvalue weighted by Gasteiger charge is 2.16. The van der Waals surface area contributed by atoms with E-state index in [4.69, 9.17) is 4.42 Å². The maximum Gasteiger partial charge on any atom is 0.255 e. The fourth-order valence-electron chi connectivity index (χ4n) is 2.91. The normalized spacial score (nSPS) is 10.9. The predicted molar refractivity (Wildman–Crippen MR) is 105 cm³/mol. The second-order valence-electron chi connectivity index (χ2n) is 6.50. The summed E-state index contributed by atoms with van der Waals surface area (Å²) in [5.74, 6) is 0.168. The van der Waals surface area contributed by atoms with Crippen molar-refractivity contribution in [3.8, 4) is 17.2 Å². The Kier molecular flexibility index (Phi) is 4.12. The SMILES string of the molecule is Cc1ccc(C(=O)Nc2cc(C)c(O)c(-c3nc4ccccc4o3)c2)cc1. The van der Waals surface area contributed by atoms with E-state index in [2.05, 4.69) is 10.3 Å². The maximum absolute atomic E-state index is 12.5. The Morgan fingerprint density at radius 1 is 1.04 bits per heavy atom. The van der Waals surface area contributed by atoms with Crippen LogP contribution in [0, 0.1) is 13.8 Å². The first-order valence-electron chi connectivity index (χ1n) is 8.59. The lowest BCUT2D eigenvalue weighted by Gasteiger charge is -2.10. The molecule has 0 aliphatic rings. The number of phenolic OH excluding ortho intramolecular Hbond substituents is 1. The van der Waals surface area contributed by atoms with Crippen molar-refractivity contribution in [1.29, 1.82) is 0 Å². The molecule has 0 spiro atoms. The van der Waals surface area contributed by atoms with Crippen LogP contribution in [0.2, 0.25) is 0 Å². The van der Waals surface area contributed by atoms with Crippen LogP contribution in [-0.2, 0) is 0 Å². The molecule has 1 amide bonds. The fourth-order valence-corrected chi connectivity index (χ4v) is 2.91. The van der Waals surface area contributed by atoms with Crippen molar-refractivity contribution < 1.29 is 14.3 Å². The number of amides is 1. The van der Waals surface area contributed by atoms with Crippen LogP contribution >= 0.6 is 0 Å². The summed E-state index contributed by atoms with van der Waals surface area (Å²) in [5, 5.41) is 13.3. The molecule has 0 saturated heterocycles. The molecule has 0 aliphatic heterocycles. The Labute approximate surface area is 156 Å². The number of aromatic nitrogens is 1. The molecule has 0 saturated carbocycles. The van der Waals surface area contributed by atoms with Gasteiger partial charge in [0.1, 0.15) is 11.3 Å². The minimum Gasteiger partial charge on any atom is -0.507 e. The van der Waals surface area contributed by atoms with Gasteiger partial charge in [-0.25, -0.2) is 4.98 Å². The zero-order valence-electron chi connectivity index (χ0n) is 15.0. The second kappa shape index (κ2) is 6.61. The number of benzene rings is 3. The van der Waals surface area contributed by atoms with Crippen LogP contribution in [0.25, 0.3) is 22.6 Å². The van der Waals surface area contributed by atoms with Gasteiger partial charge in [-0.3, -0.25) is 4.79 Å². The quantitative estimate of drug-likeness (QED) is 0.501. The highest BCUT2D eigenvalue weighted by molar-refractivity contribution is 6.04. The van der Waals surface area contributed by atoms with Crippen molar-refractivity contribution in [3.63, 3.8) is 0 Å². The number of oxazole rings is 1. The number of nitrogens with one attached hydrogen (secondary N) is 1. The first-order valence-corrected chi connectivity index (χ1v) is 8.59. The third-order valence-electron chi connectivity index (χ3n) is 4.40. The molecule has 0 bridgehead atoms. The van der Waals surface area contributed by atoms with Gasteiger partial charge in [0.15, 0.2) is 5.58 Å². The average Bonchev–Trinajstić information content (AvgIpc) is 3.09. The first kappa shape index (κ1) is 16.8. The highest BCUT2D eigenvalue weighted by Crippen LogP contribution is 2.36. The van der Waals surface area contributed by atoms with Gasteiger partial charge in [-0.15, -0.1) is 0 Å². The molecule has 0 aliphatic carbocycles. The molecule has 0 fully saturated rings. The molecule has 1 heterocycles. The molecular formula is C22H18N2O3. The van der Waals surface area contributed by atoms with Crippen molar-refractivity contribution in [1.82, 2.24) is 4.98 Å². The number of hydrogen-bond donors (Lipinski definition) is 2. The minimum absolute atomic E-state index is 0.0786. The van der Waals surface area contributed by atoms with Gasteiger partial charge in [0, 0.05) is 11.3 Å². The van der Waals surface area contributed by atoms with Gasteiger partial charge in [-0.1, -0.05) is 29.8 Å². The number of aromatic hydroxyl groups is 1. The zero-order valence-corrected chi connectivity index (χ0v) is 15.0. The topological polar surface area (TPSA) is 75.4 Å². The predicted octanol–water partition coefficient (Wildman–Crippen LogP) is 5.07. The lowest BCUT2D eigenvalue weighted by Crippen LogP contribution is -2.12. The summed E-state index contributed by atoms with van der Waals surface area (Å²) in [6.07, 6.45) is 0. The largest absolute Gasteiger partial charge is 0.507 e. The molecule has 0 atom stereocenters. The van der Waals surface area contributed by atoms with Crippen molar-refractivity contribution in [3.05, 3.63) is 77.4 Å². The summed E-state index contributed by atoms with van der Waals surface area (Å²) in [5.41, 5.74) is 4.62. The standard InChI is InChI=1S/C22H18N2O3/c1-13-7-9-15(10-8-13)21(26)23-16-11-14(2)20(25)17(12-16)22-24-18-5-3-4-6-19(18)27-22/h3-12,25H,1-2H3,(H,23,26). The summed E-state index contributed by atoms with van der Waals surface area (Å²) in [6, 6.07) is 18.1. The highest BCUT2D eigenvalue weighted by atomic mass is 16.3. The van der Waals surface area contributed by atoms with E-state index in [1.165, 1.54) is 0 Å². The number of aryl methyl sites for hydroxylation is 2. The summed E-state index contributed by atoms with van der Waals surface area (Å²) in [6.45, 7) is 3.74. The minimum atomic E-state index is -0.219. The van der Waals surface area contributed by atoms with Crippen LogP contribution in [0.15, 0.2) is 65.1 Å². The lowest BCUT2D eigenvalue weighted by molar-refractivity contribution is 0.102. The molecule has 5 heteroatoms. The van der Waals surface area contributed by atoms with E-state index in [1.807, 2.05) is 43.3 Å². The third-order valence-corrected chi connectivity index (χ3v) is 4.40. The van der Waals surface area contributed by atoms with Crippen molar-refractivity contribution >= 4 is 22.7 Å². The summed E-state index contributed by atoms with van der Waals surface area (Å²) in [7, 11) is 0. The average molecular weight is 358 g/mol. The van der Waals surface area contributed by atoms with Crippen LogP contribution in [0.5, 0.6) is 5.75 Å². The van der Waals surface area contributed by atoms with E-state index in [-0.39, 0.29) is 11.7 Å². The second-order valence-corrected chi connectivity index (χ2v) is 6.50. The summed E-state index contributed by atoms with van der Waals surface area (Å²) in [4.78, 5) is 16.9. The van der Waals surface area contributed by atoms with Crippen LogP contribution in [0.1, 0.15) is 21.5 Å². The van der Waals surface area contributed by atoms with E-state index in [1.54, 1.807) is 31.2 Å². The van der Waals surface area contributed by atoms with Crippen molar-refractivity contribution in [2.45, 2.75) is 13.8 Å². The number of carbonyl (C=O) groups excluding carboxylic acids is 1. The number of carbonyl (C=O) groups is 1. The molecule has 1 aromatic heterocycles. The number of hydrogen-bond acceptors (Lipinski definition) is 4. The molecule has 4 rings (SSSR count). The van der Waals surface area contributed by atoms with Crippen LogP contribution < -0.4 is 5.32 Å². The number of rotatable bonds is 3. The number of fused-ring (bicyclic) bond motifs is 1. The van der Waals surface area contributed by atoms with Gasteiger partial charge in [-0.2, -0.15) is 0 Å². The Hall–Kier alpha value is -3.60. The number of phenols is 1. The van der Waals surface area contributed by atoms with Crippen LogP contribution in [0.3, 0.4) is 0 Å². The first-order chi connectivity index (χ1) is 13.0. The van der Waals surface area contributed by atoms with Gasteiger partial charge < -0.3 is 14.8 Å². The van der Waals surface area contributed by atoms with Gasteiger partial charge in [0.05, 0.1) is 5.56 Å². The zero-order chi connectivity index (χ0) is 19.0. The maximum atomic E-state index is 12.5. The smallest absolute Gasteiger partial charge is 0.255 e. The van der Waals surface area contributed by atoms with Gasteiger partial charge >= 0.3 is 0 Å². The Balaban J connectivity index is 1.70. The Morgan fingerprint density at radius 2 is 1.78 bits per heavy atom. The van der Waals surface area contributed by atoms with Crippen LogP contribution in [0.4, 0.5) is 5.69 Å². The van der Waals surface area contributed by atoms with E-state index >= 15 is 0 Å². The number of anilines is 1. The summed E-state index contributed by atoms with van der Waals surface area (Å²) >= 11 is 0. The van der Waals surface area contributed by atoms with Gasteiger partial charge in [0.25, 0.3) is 5.91 Å². The van der Waals surface area contributed by atoms with Crippen molar-refractivity contribution in [2.24, 2.45) is 0 Å². The van der Waals surface area contributed by atoms with E-state index in [0.717, 1.165) is 5.56 Å². The van der Waals surface area contributed by atoms with Crippen molar-refractivity contribution in [2.75, 3.05) is 5.32 Å². The third kappa shape index (κ3) is 3.27. The molecule has 134 valence electrons. The molecule has 5 nitrogen and oxygen atoms in total. The molecule has 2 N–H and O–H groups in total. The van der Waals surface area contributed by atoms with E-state index < -0.39 is 0 Å². The Bertz CT molecular complexity index is 1110. The fraction of sp³-hybridized carbons (Fsp3) is 0.0909. The lowest BCUT2D eigenvalue weighted by atomic mass is 10.1. The number of nitrogens with zero attached hydrogens (tertiary/aromatic N) is 1. The molecule has 0 radical (unpaired) electrons. The summed E-state index contributed by atoms with van der Waals surface area (Å²) < 4.78 is 5.76. The molecular weight excluding hydrogens is 340 g/mol. The van der Waals surface area contributed by atoms with E-state index in [0.29, 0.717) is 39.4 Å². The number of para-hydroxylation sites is 2. The van der Waals surface area contributed by atoms with Gasteiger partial charge in [-0.05, 0) is 55.8 Å². The van der Waals surface area contributed by atoms with Gasteiger partial charge in [0.2, 0.25) is 5.89 Å². The molecule has 27 heavy (non-hydrogen) atoms. The molecule has 3 aromatic carbocycles. The Morgan fingerprint density at radius 3 is 2.52 bits per heavy atom.